The van der Waals surface area contributed by atoms with Crippen molar-refractivity contribution in [2.24, 2.45) is 17.6 Å². The number of hydrogen-bond acceptors (Lipinski definition) is 10. The minimum Gasteiger partial charge on any atom is -0.481 e. The number of carboxylic acids is 2. The second kappa shape index (κ2) is 37.8. The second-order valence-corrected chi connectivity index (χ2v) is 20.0. The third kappa shape index (κ3) is 25.8. The van der Waals surface area contributed by atoms with Gasteiger partial charge in [0.1, 0.15) is 17.7 Å². The molecule has 5 atom stereocenters. The second-order valence-electron chi connectivity index (χ2n) is 18.9. The molecule has 0 fully saturated rings. The molecule has 1 amide bonds. The molecule has 1 aliphatic heterocycles. The molecule has 0 radical (unpaired) electrons. The van der Waals surface area contributed by atoms with Crippen LogP contribution in [0.5, 0.6) is 0 Å². The standard InChI is InChI=1S/C53H91N3O9S/c1-3-5-7-9-11-13-15-17-18-19-21-23-25-27-29-31-37-55-53(64)65-52(63)44(47(57)35-30-28-26-24-22-20-16-14-12-10-8-6-4-2)40-66-38-36-46-41-33-32-34-42(48(41)56-46)49(58)43(50(59)60)39-45(54)51(61)62/h32-34,43-46,52,56,63H,3-31,35-40,54H2,1-2H3,(H,55,64)(H,59,60)(H,61,62)/t43?,44?,45-,46?,52?/m0/s1. The molecule has 4 unspecified atom stereocenters. The van der Waals surface area contributed by atoms with Gasteiger partial charge in [-0.05, 0) is 43.1 Å². The van der Waals surface area contributed by atoms with Crippen LogP contribution in [-0.4, -0.2) is 75.3 Å². The number of carboxylic acid groups (broad SMARTS) is 2. The van der Waals surface area contributed by atoms with E-state index in [-0.39, 0.29) is 23.1 Å². The molecule has 378 valence electrons. The van der Waals surface area contributed by atoms with E-state index in [1.54, 1.807) is 6.07 Å². The smallest absolute Gasteiger partial charge is 0.409 e. The number of nitrogens with one attached hydrogen (secondary N) is 2. The molecule has 7 N–H and O–H groups in total. The number of carbonyl (C=O) groups excluding carboxylic acids is 3. The van der Waals surface area contributed by atoms with Crippen LogP contribution in [0.2, 0.25) is 0 Å². The third-order valence-corrected chi connectivity index (χ3v) is 14.3. The summed E-state index contributed by atoms with van der Waals surface area (Å²) in [6.45, 7) is 4.96. The summed E-state index contributed by atoms with van der Waals surface area (Å²) in [6, 6.07) is 3.44. The number of rotatable bonds is 45. The van der Waals surface area contributed by atoms with E-state index in [0.29, 0.717) is 30.8 Å². The monoisotopic (exact) mass is 946 g/mol. The predicted molar refractivity (Wildman–Crippen MR) is 269 cm³/mol. The fraction of sp³-hybridized carbons (Fsp3) is 0.792. The summed E-state index contributed by atoms with van der Waals surface area (Å²) in [5, 5.41) is 36.0. The number of fused-ring (bicyclic) bond motifs is 1. The number of aliphatic carboxylic acids is 2. The highest BCUT2D eigenvalue weighted by atomic mass is 32.2. The molecule has 1 heterocycles. The molecule has 0 aliphatic carbocycles. The average Bonchev–Trinajstić information content (AvgIpc) is 3.28. The van der Waals surface area contributed by atoms with E-state index < -0.39 is 54.4 Å². The number of nitrogens with two attached hydrogens (primary N) is 1. The number of aliphatic hydroxyl groups is 1. The van der Waals surface area contributed by atoms with Crippen molar-refractivity contribution in [3.63, 3.8) is 0 Å². The van der Waals surface area contributed by atoms with Gasteiger partial charge in [0.05, 0.1) is 17.6 Å². The molecule has 0 aromatic heterocycles. The van der Waals surface area contributed by atoms with Gasteiger partial charge in [-0.3, -0.25) is 19.2 Å². The number of thioether (sulfide) groups is 1. The molecule has 0 bridgehead atoms. The van der Waals surface area contributed by atoms with E-state index in [9.17, 15) is 39.3 Å². The van der Waals surface area contributed by atoms with Crippen molar-refractivity contribution in [1.29, 1.82) is 0 Å². The van der Waals surface area contributed by atoms with Crippen LogP contribution < -0.4 is 16.4 Å². The van der Waals surface area contributed by atoms with Crippen molar-refractivity contribution >= 4 is 47.0 Å². The summed E-state index contributed by atoms with van der Waals surface area (Å²) >= 11 is 1.48. The van der Waals surface area contributed by atoms with Gasteiger partial charge in [0, 0.05) is 24.3 Å². The van der Waals surface area contributed by atoms with Crippen LogP contribution in [0.1, 0.15) is 241 Å². The Morgan fingerprint density at radius 2 is 1.15 bits per heavy atom. The van der Waals surface area contributed by atoms with Crippen molar-refractivity contribution in [3.05, 3.63) is 29.3 Å². The minimum absolute atomic E-state index is 0.116. The lowest BCUT2D eigenvalue weighted by Crippen LogP contribution is -2.38. The lowest BCUT2D eigenvalue weighted by Gasteiger charge is -2.35. The Hall–Kier alpha value is -3.16. The van der Waals surface area contributed by atoms with Crippen LogP contribution in [0.4, 0.5) is 10.5 Å². The number of hydrogen-bond donors (Lipinski definition) is 6. The summed E-state index contributed by atoms with van der Waals surface area (Å²) in [4.78, 5) is 62.7. The average molecular weight is 946 g/mol. The number of ether oxygens (including phenoxy) is 1. The highest BCUT2D eigenvalue weighted by Gasteiger charge is 2.36. The minimum atomic E-state index is -1.59. The highest BCUT2D eigenvalue weighted by Crippen LogP contribution is 2.42. The number of para-hydroxylation sites is 1. The fourth-order valence-corrected chi connectivity index (χ4v) is 10.0. The molecular formula is C53H91N3O9S. The van der Waals surface area contributed by atoms with Crippen molar-refractivity contribution < 1.29 is 44.0 Å². The van der Waals surface area contributed by atoms with Crippen LogP contribution in [0.15, 0.2) is 18.2 Å². The molecule has 13 heteroatoms. The van der Waals surface area contributed by atoms with Crippen LogP contribution in [-0.2, 0) is 19.1 Å². The molecular weight excluding hydrogens is 855 g/mol. The molecule has 1 aromatic carbocycles. The number of alkyl carbamates (subject to hydrolysis) is 1. The first-order valence-corrected chi connectivity index (χ1v) is 27.5. The van der Waals surface area contributed by atoms with Gasteiger partial charge in [-0.1, -0.05) is 199 Å². The maximum Gasteiger partial charge on any atom is 0.409 e. The Morgan fingerprint density at radius 1 is 0.682 bits per heavy atom. The molecule has 12 nitrogen and oxygen atoms in total. The molecule has 1 aromatic rings. The van der Waals surface area contributed by atoms with Gasteiger partial charge in [-0.15, -0.1) is 0 Å². The lowest BCUT2D eigenvalue weighted by atomic mass is 9.85. The first-order valence-electron chi connectivity index (χ1n) is 26.4. The van der Waals surface area contributed by atoms with E-state index in [0.717, 1.165) is 50.5 Å². The zero-order valence-corrected chi connectivity index (χ0v) is 42.0. The maximum absolute atomic E-state index is 13.5. The number of carbonyl (C=O) groups is 5. The summed E-state index contributed by atoms with van der Waals surface area (Å²) in [6.07, 6.45) is 34.0. The number of Topliss-reactive ketones (excluding diaryl/α,β-unsaturated/α-hetero) is 2. The van der Waals surface area contributed by atoms with Gasteiger partial charge < -0.3 is 36.4 Å². The summed E-state index contributed by atoms with van der Waals surface area (Å²) in [5.41, 5.74) is 7.10. The topological polar surface area (TPSA) is 205 Å². The zero-order chi connectivity index (χ0) is 48.2. The first-order chi connectivity index (χ1) is 32.0. The van der Waals surface area contributed by atoms with Gasteiger partial charge in [0.25, 0.3) is 0 Å². The Morgan fingerprint density at radius 3 is 1.62 bits per heavy atom. The SMILES string of the molecule is CCCCCCCCCCCCCCCCCCNC(=O)OC(O)C(CSCCC1Nc2c(C(=O)C(C[C@H](N)C(=O)O)C(=O)O)cccc21)C(=O)CCCCCCCCCCCCCCC. The fourth-order valence-electron chi connectivity index (χ4n) is 8.84. The Kier molecular flexibility index (Phi) is 33.8. The van der Waals surface area contributed by atoms with E-state index in [4.69, 9.17) is 10.5 Å². The number of amides is 1. The van der Waals surface area contributed by atoms with Crippen molar-refractivity contribution in [3.8, 4) is 0 Å². The van der Waals surface area contributed by atoms with Crippen LogP contribution in [0, 0.1) is 11.8 Å². The van der Waals surface area contributed by atoms with Crippen LogP contribution >= 0.6 is 11.8 Å². The van der Waals surface area contributed by atoms with E-state index in [1.165, 1.54) is 159 Å². The Labute approximate surface area is 402 Å². The van der Waals surface area contributed by atoms with Crippen molar-refractivity contribution in [2.75, 3.05) is 23.4 Å². The molecule has 1 aliphatic rings. The van der Waals surface area contributed by atoms with Gasteiger partial charge in [0.15, 0.2) is 5.78 Å². The Bertz CT molecular complexity index is 1500. The van der Waals surface area contributed by atoms with Crippen LogP contribution in [0.3, 0.4) is 0 Å². The number of benzene rings is 1. The Balaban J connectivity index is 1.78. The third-order valence-electron chi connectivity index (χ3n) is 13.1. The lowest BCUT2D eigenvalue weighted by molar-refractivity contribution is -0.142. The zero-order valence-electron chi connectivity index (χ0n) is 41.1. The number of ketones is 2. The summed E-state index contributed by atoms with van der Waals surface area (Å²) in [5.74, 6) is -5.23. The van der Waals surface area contributed by atoms with Gasteiger partial charge >= 0.3 is 18.0 Å². The molecule has 66 heavy (non-hydrogen) atoms. The van der Waals surface area contributed by atoms with Gasteiger partial charge in [-0.25, -0.2) is 4.79 Å². The first kappa shape index (κ1) is 59.0. The predicted octanol–water partition coefficient (Wildman–Crippen LogP) is 12.9. The van der Waals surface area contributed by atoms with Gasteiger partial charge in [0.2, 0.25) is 6.29 Å². The number of unbranched alkanes of at least 4 members (excludes halogenated alkanes) is 27. The largest absolute Gasteiger partial charge is 0.481 e. The molecule has 0 saturated carbocycles. The summed E-state index contributed by atoms with van der Waals surface area (Å²) < 4.78 is 5.39. The molecule has 0 spiro atoms. The van der Waals surface area contributed by atoms with Crippen molar-refractivity contribution in [1.82, 2.24) is 5.32 Å². The van der Waals surface area contributed by atoms with E-state index >= 15 is 0 Å². The quantitative estimate of drug-likeness (QED) is 0.0156. The van der Waals surface area contributed by atoms with Crippen molar-refractivity contribution in [2.45, 2.75) is 238 Å². The van der Waals surface area contributed by atoms with E-state index in [2.05, 4.69) is 24.5 Å². The molecule has 2 rings (SSSR count). The van der Waals surface area contributed by atoms with Crippen LogP contribution in [0.25, 0.3) is 0 Å². The number of aliphatic hydroxyl groups excluding tert-OH is 1. The number of anilines is 1. The van der Waals surface area contributed by atoms with E-state index in [1.807, 2.05) is 6.07 Å². The summed E-state index contributed by atoms with van der Waals surface area (Å²) in [7, 11) is 0. The normalized spacial score (nSPS) is 14.9. The van der Waals surface area contributed by atoms with Gasteiger partial charge in [-0.2, -0.15) is 11.8 Å². The highest BCUT2D eigenvalue weighted by molar-refractivity contribution is 7.99. The maximum atomic E-state index is 13.5. The molecule has 0 saturated heterocycles.